The van der Waals surface area contributed by atoms with E-state index in [2.05, 4.69) is 37.1 Å². The summed E-state index contributed by atoms with van der Waals surface area (Å²) in [7, 11) is 0. The predicted octanol–water partition coefficient (Wildman–Crippen LogP) is 2.70. The SMILES string of the molecule is CC(=O)NNC(=O)CSc1nnc(Cc2cccs2)n1C1CCCCC1. The van der Waals surface area contributed by atoms with E-state index in [1.165, 1.54) is 42.8 Å². The van der Waals surface area contributed by atoms with Crippen molar-refractivity contribution in [2.24, 2.45) is 0 Å². The van der Waals surface area contributed by atoms with Crippen LogP contribution in [0.1, 0.15) is 55.8 Å². The summed E-state index contributed by atoms with van der Waals surface area (Å²) in [5.74, 6) is 0.587. The zero-order valence-corrected chi connectivity index (χ0v) is 16.4. The maximum absolute atomic E-state index is 11.9. The zero-order chi connectivity index (χ0) is 18.4. The molecule has 0 aromatic carbocycles. The minimum atomic E-state index is -0.299. The van der Waals surface area contributed by atoms with Crippen molar-refractivity contribution in [3.05, 3.63) is 28.2 Å². The molecule has 3 rings (SSSR count). The van der Waals surface area contributed by atoms with Crippen LogP contribution in [0.4, 0.5) is 0 Å². The van der Waals surface area contributed by atoms with Crippen LogP contribution in [0, 0.1) is 0 Å². The van der Waals surface area contributed by atoms with Gasteiger partial charge in [0.15, 0.2) is 5.16 Å². The van der Waals surface area contributed by atoms with E-state index < -0.39 is 0 Å². The normalized spacial score (nSPS) is 15.0. The third-order valence-electron chi connectivity index (χ3n) is 4.30. The van der Waals surface area contributed by atoms with Gasteiger partial charge < -0.3 is 4.57 Å². The van der Waals surface area contributed by atoms with Crippen molar-refractivity contribution in [3.63, 3.8) is 0 Å². The van der Waals surface area contributed by atoms with Gasteiger partial charge in [0.2, 0.25) is 11.8 Å². The third kappa shape index (κ3) is 5.07. The molecule has 1 fully saturated rings. The van der Waals surface area contributed by atoms with Crippen LogP contribution in [0.25, 0.3) is 0 Å². The number of nitrogens with zero attached hydrogens (tertiary/aromatic N) is 3. The molecule has 1 saturated carbocycles. The standard InChI is InChI=1S/C17H23N5O2S2/c1-12(23)18-20-16(24)11-26-17-21-19-15(10-14-8-5-9-25-14)22(17)13-6-3-2-4-7-13/h5,8-9,13H,2-4,6-7,10-11H2,1H3,(H,18,23)(H,20,24). The van der Waals surface area contributed by atoms with Gasteiger partial charge in [0.25, 0.3) is 0 Å². The van der Waals surface area contributed by atoms with Gasteiger partial charge in [0.05, 0.1) is 5.75 Å². The Morgan fingerprint density at radius 3 is 2.77 bits per heavy atom. The fourth-order valence-corrected chi connectivity index (χ4v) is 4.65. The lowest BCUT2D eigenvalue weighted by Crippen LogP contribution is -2.41. The molecule has 2 amide bonds. The number of carbonyl (C=O) groups is 2. The highest BCUT2D eigenvalue weighted by Gasteiger charge is 2.23. The minimum Gasteiger partial charge on any atom is -0.303 e. The Morgan fingerprint density at radius 2 is 2.08 bits per heavy atom. The summed E-state index contributed by atoms with van der Waals surface area (Å²) in [6, 6.07) is 4.55. The van der Waals surface area contributed by atoms with Gasteiger partial charge in [-0.3, -0.25) is 20.4 Å². The number of thiophene rings is 1. The topological polar surface area (TPSA) is 88.9 Å². The highest BCUT2D eigenvalue weighted by atomic mass is 32.2. The molecule has 2 aromatic rings. The Bertz CT molecular complexity index is 738. The molecular weight excluding hydrogens is 370 g/mol. The van der Waals surface area contributed by atoms with Crippen molar-refractivity contribution >= 4 is 34.9 Å². The van der Waals surface area contributed by atoms with E-state index in [0.717, 1.165) is 30.2 Å². The molecule has 2 aromatic heterocycles. The molecule has 26 heavy (non-hydrogen) atoms. The van der Waals surface area contributed by atoms with E-state index in [1.807, 2.05) is 6.07 Å². The van der Waals surface area contributed by atoms with Gasteiger partial charge in [-0.2, -0.15) is 0 Å². The Kier molecular flexibility index (Phi) is 6.67. The second-order valence-corrected chi connectivity index (χ2v) is 8.31. The van der Waals surface area contributed by atoms with E-state index in [1.54, 1.807) is 11.3 Å². The van der Waals surface area contributed by atoms with Crippen LogP contribution < -0.4 is 10.9 Å². The first-order chi connectivity index (χ1) is 12.6. The van der Waals surface area contributed by atoms with Gasteiger partial charge >= 0.3 is 0 Å². The van der Waals surface area contributed by atoms with Crippen LogP contribution in [0.3, 0.4) is 0 Å². The van der Waals surface area contributed by atoms with Gasteiger partial charge in [-0.25, -0.2) is 0 Å². The molecule has 0 radical (unpaired) electrons. The number of aromatic nitrogens is 3. The van der Waals surface area contributed by atoms with Crippen LogP contribution in [-0.2, 0) is 16.0 Å². The molecule has 0 aliphatic heterocycles. The summed E-state index contributed by atoms with van der Waals surface area (Å²) < 4.78 is 2.23. The number of carbonyl (C=O) groups excluding carboxylic acids is 2. The number of hydrogen-bond donors (Lipinski definition) is 2. The van der Waals surface area contributed by atoms with Crippen LogP contribution in [0.5, 0.6) is 0 Å². The number of amides is 2. The van der Waals surface area contributed by atoms with Gasteiger partial charge in [-0.05, 0) is 24.3 Å². The van der Waals surface area contributed by atoms with Gasteiger partial charge in [0, 0.05) is 24.3 Å². The van der Waals surface area contributed by atoms with E-state index in [-0.39, 0.29) is 17.6 Å². The van der Waals surface area contributed by atoms with Gasteiger partial charge in [0.1, 0.15) is 5.82 Å². The molecule has 9 heteroatoms. The molecule has 0 saturated heterocycles. The number of hydrazine groups is 1. The third-order valence-corrected chi connectivity index (χ3v) is 6.12. The Balaban J connectivity index is 1.72. The lowest BCUT2D eigenvalue weighted by molar-refractivity contribution is -0.126. The van der Waals surface area contributed by atoms with Gasteiger partial charge in [-0.15, -0.1) is 21.5 Å². The average Bonchev–Trinajstić information content (AvgIpc) is 3.29. The summed E-state index contributed by atoms with van der Waals surface area (Å²) in [5, 5.41) is 11.6. The first-order valence-electron chi connectivity index (χ1n) is 8.78. The summed E-state index contributed by atoms with van der Waals surface area (Å²) in [4.78, 5) is 24.0. The Morgan fingerprint density at radius 1 is 1.27 bits per heavy atom. The average molecular weight is 394 g/mol. The summed E-state index contributed by atoms with van der Waals surface area (Å²) in [6.45, 7) is 1.35. The molecule has 0 unspecified atom stereocenters. The molecular formula is C17H23N5O2S2. The predicted molar refractivity (Wildman–Crippen MR) is 102 cm³/mol. The first kappa shape index (κ1) is 18.9. The Labute approximate surface area is 160 Å². The quantitative estimate of drug-likeness (QED) is 0.582. The van der Waals surface area contributed by atoms with E-state index in [4.69, 9.17) is 0 Å². The van der Waals surface area contributed by atoms with E-state index in [0.29, 0.717) is 6.04 Å². The summed E-state index contributed by atoms with van der Waals surface area (Å²) >= 11 is 3.08. The maximum atomic E-state index is 11.9. The highest BCUT2D eigenvalue weighted by Crippen LogP contribution is 2.33. The van der Waals surface area contributed by atoms with E-state index in [9.17, 15) is 9.59 Å². The monoisotopic (exact) mass is 393 g/mol. The van der Waals surface area contributed by atoms with Crippen LogP contribution in [0.15, 0.2) is 22.7 Å². The van der Waals surface area contributed by atoms with Crippen LogP contribution in [-0.4, -0.2) is 32.3 Å². The molecule has 0 bridgehead atoms. The zero-order valence-electron chi connectivity index (χ0n) is 14.7. The fraction of sp³-hybridized carbons (Fsp3) is 0.529. The fourth-order valence-electron chi connectivity index (χ4n) is 3.13. The van der Waals surface area contributed by atoms with Crippen molar-refractivity contribution in [3.8, 4) is 0 Å². The smallest absolute Gasteiger partial charge is 0.248 e. The van der Waals surface area contributed by atoms with Crippen molar-refractivity contribution in [1.82, 2.24) is 25.6 Å². The maximum Gasteiger partial charge on any atom is 0.248 e. The van der Waals surface area contributed by atoms with Crippen molar-refractivity contribution in [2.45, 2.75) is 56.6 Å². The molecule has 1 aliphatic rings. The molecule has 7 nitrogen and oxygen atoms in total. The van der Waals surface area contributed by atoms with E-state index >= 15 is 0 Å². The second-order valence-electron chi connectivity index (χ2n) is 6.33. The summed E-state index contributed by atoms with van der Waals surface area (Å²) in [6.07, 6.45) is 6.73. The first-order valence-corrected chi connectivity index (χ1v) is 10.6. The minimum absolute atomic E-state index is 0.185. The van der Waals surface area contributed by atoms with Crippen molar-refractivity contribution in [1.29, 1.82) is 0 Å². The van der Waals surface area contributed by atoms with Crippen LogP contribution in [0.2, 0.25) is 0 Å². The second kappa shape index (κ2) is 9.18. The molecule has 2 N–H and O–H groups in total. The largest absolute Gasteiger partial charge is 0.303 e. The summed E-state index contributed by atoms with van der Waals surface area (Å²) in [5.41, 5.74) is 4.68. The Hall–Kier alpha value is -1.87. The van der Waals surface area contributed by atoms with Crippen molar-refractivity contribution < 1.29 is 9.59 Å². The number of hydrogen-bond acceptors (Lipinski definition) is 6. The molecule has 1 aliphatic carbocycles. The van der Waals surface area contributed by atoms with Crippen LogP contribution >= 0.6 is 23.1 Å². The lowest BCUT2D eigenvalue weighted by Gasteiger charge is -2.25. The van der Waals surface area contributed by atoms with Crippen molar-refractivity contribution in [2.75, 3.05) is 5.75 Å². The number of thioether (sulfide) groups is 1. The number of nitrogens with one attached hydrogen (secondary N) is 2. The highest BCUT2D eigenvalue weighted by molar-refractivity contribution is 7.99. The lowest BCUT2D eigenvalue weighted by atomic mass is 9.95. The van der Waals surface area contributed by atoms with Gasteiger partial charge in [-0.1, -0.05) is 37.1 Å². The molecule has 0 spiro atoms. The molecule has 140 valence electrons. The number of rotatable bonds is 6. The molecule has 2 heterocycles. The molecule has 0 atom stereocenters.